The zero-order valence-corrected chi connectivity index (χ0v) is 23.3. The highest BCUT2D eigenvalue weighted by Gasteiger charge is 2.32. The Bertz CT molecular complexity index is 1240. The second kappa shape index (κ2) is 13.8. The van der Waals surface area contributed by atoms with Crippen molar-refractivity contribution >= 4 is 11.8 Å². The molecule has 0 bridgehead atoms. The van der Waals surface area contributed by atoms with Gasteiger partial charge in [0.1, 0.15) is 6.04 Å². The Labute approximate surface area is 232 Å². The van der Waals surface area contributed by atoms with Crippen LogP contribution in [0.25, 0.3) is 0 Å². The van der Waals surface area contributed by atoms with E-state index in [0.29, 0.717) is 30.9 Å². The minimum Gasteiger partial charge on any atom is -0.493 e. The highest BCUT2D eigenvalue weighted by Crippen LogP contribution is 2.28. The molecular formula is C33H40N2O4. The maximum atomic E-state index is 13.9. The second-order valence-electron chi connectivity index (χ2n) is 10.4. The van der Waals surface area contributed by atoms with Crippen LogP contribution in [0, 0.1) is 6.92 Å². The third-order valence-corrected chi connectivity index (χ3v) is 7.48. The summed E-state index contributed by atoms with van der Waals surface area (Å²) < 4.78 is 10.8. The molecule has 0 aliphatic heterocycles. The number of ether oxygens (including phenoxy) is 2. The van der Waals surface area contributed by atoms with E-state index in [1.54, 1.807) is 19.1 Å². The molecular weight excluding hydrogens is 488 g/mol. The van der Waals surface area contributed by atoms with Crippen molar-refractivity contribution in [2.24, 2.45) is 0 Å². The number of benzene rings is 3. The number of rotatable bonds is 12. The van der Waals surface area contributed by atoms with Crippen LogP contribution in [0.5, 0.6) is 11.5 Å². The fourth-order valence-corrected chi connectivity index (χ4v) is 5.36. The topological polar surface area (TPSA) is 67.9 Å². The maximum Gasteiger partial charge on any atom is 0.243 e. The molecule has 206 valence electrons. The number of nitrogens with one attached hydrogen (secondary N) is 1. The second-order valence-corrected chi connectivity index (χ2v) is 10.4. The van der Waals surface area contributed by atoms with E-state index in [0.717, 1.165) is 47.9 Å². The van der Waals surface area contributed by atoms with E-state index in [-0.39, 0.29) is 24.3 Å². The molecule has 0 saturated heterocycles. The Morgan fingerprint density at radius 2 is 1.59 bits per heavy atom. The maximum absolute atomic E-state index is 13.9. The Hall–Kier alpha value is -3.80. The number of amides is 2. The first-order valence-corrected chi connectivity index (χ1v) is 13.9. The monoisotopic (exact) mass is 528 g/mol. The van der Waals surface area contributed by atoms with Gasteiger partial charge in [0.2, 0.25) is 11.8 Å². The van der Waals surface area contributed by atoms with Gasteiger partial charge in [-0.15, -0.1) is 0 Å². The largest absolute Gasteiger partial charge is 0.493 e. The van der Waals surface area contributed by atoms with Crippen molar-refractivity contribution < 1.29 is 19.1 Å². The van der Waals surface area contributed by atoms with Crippen LogP contribution < -0.4 is 14.8 Å². The number of methoxy groups -OCH3 is 2. The molecule has 39 heavy (non-hydrogen) atoms. The molecule has 0 aromatic heterocycles. The summed E-state index contributed by atoms with van der Waals surface area (Å²) in [5.74, 6) is 1.17. The van der Waals surface area contributed by atoms with Gasteiger partial charge in [0, 0.05) is 25.4 Å². The number of hydrogen-bond acceptors (Lipinski definition) is 4. The highest BCUT2D eigenvalue weighted by molar-refractivity contribution is 5.88. The van der Waals surface area contributed by atoms with Crippen LogP contribution in [0.2, 0.25) is 0 Å². The number of nitrogens with zero attached hydrogens (tertiary/aromatic N) is 1. The van der Waals surface area contributed by atoms with Gasteiger partial charge in [-0.1, -0.05) is 79.1 Å². The fourth-order valence-electron chi connectivity index (χ4n) is 5.36. The first-order valence-electron chi connectivity index (χ1n) is 13.9. The zero-order chi connectivity index (χ0) is 27.6. The summed E-state index contributed by atoms with van der Waals surface area (Å²) in [6.45, 7) is 2.42. The molecule has 6 heteroatoms. The summed E-state index contributed by atoms with van der Waals surface area (Å²) >= 11 is 0. The van der Waals surface area contributed by atoms with E-state index < -0.39 is 6.04 Å². The molecule has 1 saturated carbocycles. The van der Waals surface area contributed by atoms with Crippen LogP contribution in [0.15, 0.2) is 72.8 Å². The quantitative estimate of drug-likeness (QED) is 0.330. The Morgan fingerprint density at radius 1 is 0.872 bits per heavy atom. The van der Waals surface area contributed by atoms with E-state index in [2.05, 4.69) is 11.4 Å². The van der Waals surface area contributed by atoms with Crippen molar-refractivity contribution in [2.45, 2.75) is 70.5 Å². The zero-order valence-electron chi connectivity index (χ0n) is 23.3. The molecule has 1 fully saturated rings. The minimum absolute atomic E-state index is 0.0474. The Kier molecular flexibility index (Phi) is 10.0. The summed E-state index contributed by atoms with van der Waals surface area (Å²) in [7, 11) is 3.21. The number of carbonyl (C=O) groups excluding carboxylic acids is 2. The SMILES string of the molecule is COc1ccc(CCC(=O)N(Cc2cccc(C)c2)[C@@H](Cc2ccccc2)C(=O)NC2CCCC2)cc1OC. The molecule has 1 atom stereocenters. The van der Waals surface area contributed by atoms with Crippen LogP contribution in [-0.2, 0) is 29.0 Å². The molecule has 1 N–H and O–H groups in total. The lowest BCUT2D eigenvalue weighted by Crippen LogP contribution is -2.52. The molecule has 3 aromatic carbocycles. The van der Waals surface area contributed by atoms with Crippen LogP contribution >= 0.6 is 0 Å². The number of carbonyl (C=O) groups is 2. The van der Waals surface area contributed by atoms with Gasteiger partial charge in [0.05, 0.1) is 14.2 Å². The van der Waals surface area contributed by atoms with E-state index in [1.165, 1.54) is 0 Å². The number of hydrogen-bond donors (Lipinski definition) is 1. The van der Waals surface area contributed by atoms with Crippen LogP contribution in [0.3, 0.4) is 0 Å². The molecule has 0 radical (unpaired) electrons. The summed E-state index contributed by atoms with van der Waals surface area (Å²) in [6.07, 6.45) is 5.53. The fraction of sp³-hybridized carbons (Fsp3) is 0.394. The predicted octanol–water partition coefficient (Wildman–Crippen LogP) is 5.64. The van der Waals surface area contributed by atoms with E-state index in [4.69, 9.17) is 9.47 Å². The van der Waals surface area contributed by atoms with E-state index in [1.807, 2.05) is 73.7 Å². The lowest BCUT2D eigenvalue weighted by atomic mass is 10.0. The molecule has 4 rings (SSSR count). The van der Waals surface area contributed by atoms with Gasteiger partial charge in [0.15, 0.2) is 11.5 Å². The molecule has 6 nitrogen and oxygen atoms in total. The first-order chi connectivity index (χ1) is 19.0. The molecule has 1 aliphatic carbocycles. The van der Waals surface area contributed by atoms with Gasteiger partial charge in [0.25, 0.3) is 0 Å². The minimum atomic E-state index is -0.605. The van der Waals surface area contributed by atoms with Crippen LogP contribution in [0.1, 0.15) is 54.4 Å². The van der Waals surface area contributed by atoms with Crippen molar-refractivity contribution in [1.82, 2.24) is 10.2 Å². The smallest absolute Gasteiger partial charge is 0.243 e. The van der Waals surface area contributed by atoms with Crippen molar-refractivity contribution in [3.63, 3.8) is 0 Å². The van der Waals surface area contributed by atoms with E-state index >= 15 is 0 Å². The standard InChI is InChI=1S/C33H40N2O4/c1-24-10-9-13-27(20-24)23-35(32(36)19-17-26-16-18-30(38-2)31(22-26)39-3)29(21-25-11-5-4-6-12-25)33(37)34-28-14-7-8-15-28/h4-6,9-13,16,18,20,22,28-29H,7-8,14-15,17,19,21,23H2,1-3H3,(H,34,37)/t29-/m0/s1. The molecule has 0 unspecified atom stereocenters. The molecule has 1 aliphatic rings. The highest BCUT2D eigenvalue weighted by atomic mass is 16.5. The van der Waals surface area contributed by atoms with Crippen LogP contribution in [-0.4, -0.2) is 43.0 Å². The van der Waals surface area contributed by atoms with Gasteiger partial charge in [-0.3, -0.25) is 9.59 Å². The van der Waals surface area contributed by atoms with Crippen molar-refractivity contribution in [1.29, 1.82) is 0 Å². The molecule has 0 spiro atoms. The van der Waals surface area contributed by atoms with Gasteiger partial charge in [-0.2, -0.15) is 0 Å². The van der Waals surface area contributed by atoms with Gasteiger partial charge in [-0.05, 0) is 55.0 Å². The van der Waals surface area contributed by atoms with Gasteiger partial charge < -0.3 is 19.7 Å². The summed E-state index contributed by atoms with van der Waals surface area (Å²) in [6, 6.07) is 23.4. The van der Waals surface area contributed by atoms with Gasteiger partial charge >= 0.3 is 0 Å². The van der Waals surface area contributed by atoms with Gasteiger partial charge in [-0.25, -0.2) is 0 Å². The third kappa shape index (κ3) is 7.85. The van der Waals surface area contributed by atoms with Crippen molar-refractivity contribution in [3.05, 3.63) is 95.1 Å². The normalized spacial score (nSPS) is 14.0. The van der Waals surface area contributed by atoms with Crippen molar-refractivity contribution in [3.8, 4) is 11.5 Å². The summed E-state index contributed by atoms with van der Waals surface area (Å²) in [5.41, 5.74) is 4.15. The summed E-state index contributed by atoms with van der Waals surface area (Å²) in [4.78, 5) is 29.5. The molecule has 2 amide bonds. The molecule has 3 aromatic rings. The predicted molar refractivity (Wildman–Crippen MR) is 154 cm³/mol. The molecule has 0 heterocycles. The van der Waals surface area contributed by atoms with Crippen molar-refractivity contribution in [2.75, 3.05) is 14.2 Å². The first kappa shape index (κ1) is 28.2. The average molecular weight is 529 g/mol. The summed E-state index contributed by atoms with van der Waals surface area (Å²) in [5, 5.41) is 3.27. The lowest BCUT2D eigenvalue weighted by Gasteiger charge is -2.32. The van der Waals surface area contributed by atoms with Crippen LogP contribution in [0.4, 0.5) is 0 Å². The Balaban J connectivity index is 1.61. The van der Waals surface area contributed by atoms with E-state index in [9.17, 15) is 9.59 Å². The third-order valence-electron chi connectivity index (χ3n) is 7.48. The lowest BCUT2D eigenvalue weighted by molar-refractivity contribution is -0.141. The average Bonchev–Trinajstić information content (AvgIpc) is 3.47. The number of aryl methyl sites for hydroxylation is 2. The Morgan fingerprint density at radius 3 is 2.28 bits per heavy atom.